The van der Waals surface area contributed by atoms with Crippen LogP contribution < -0.4 is 5.32 Å². The first-order valence-electron chi connectivity index (χ1n) is 11.5. The van der Waals surface area contributed by atoms with Crippen molar-refractivity contribution in [3.05, 3.63) is 86.8 Å². The highest BCUT2D eigenvalue weighted by atomic mass is 35.5. The van der Waals surface area contributed by atoms with Gasteiger partial charge in [0.2, 0.25) is 5.91 Å². The van der Waals surface area contributed by atoms with E-state index in [-0.39, 0.29) is 50.6 Å². The van der Waals surface area contributed by atoms with E-state index >= 15 is 0 Å². The number of ether oxygens (including phenoxy) is 1. The molecule has 2 heterocycles. The second-order valence-electron chi connectivity index (χ2n) is 8.40. The Labute approximate surface area is 222 Å². The molecule has 1 atom stereocenters. The van der Waals surface area contributed by atoms with E-state index in [4.69, 9.17) is 16.3 Å². The SMILES string of the molecule is CC(=O)OCCCc1cc(C(=O)c2ccccc2Cl)c(NC(=O)[C@H](C)N2C(=O)c3ccccc3C2=O)s1. The van der Waals surface area contributed by atoms with Gasteiger partial charge in [0.05, 0.1) is 28.3 Å². The van der Waals surface area contributed by atoms with E-state index < -0.39 is 23.8 Å². The molecule has 2 aromatic carbocycles. The number of amides is 3. The Balaban J connectivity index is 1.58. The van der Waals surface area contributed by atoms with Crippen LogP contribution >= 0.6 is 22.9 Å². The van der Waals surface area contributed by atoms with Gasteiger partial charge in [-0.2, -0.15) is 0 Å². The summed E-state index contributed by atoms with van der Waals surface area (Å²) in [5.74, 6) is -2.47. The first-order chi connectivity index (χ1) is 17.7. The highest BCUT2D eigenvalue weighted by Crippen LogP contribution is 2.33. The predicted molar refractivity (Wildman–Crippen MR) is 139 cm³/mol. The maximum Gasteiger partial charge on any atom is 0.302 e. The van der Waals surface area contributed by atoms with Crippen LogP contribution in [0.5, 0.6) is 0 Å². The van der Waals surface area contributed by atoms with Crippen LogP contribution in [0.15, 0.2) is 54.6 Å². The number of fused-ring (bicyclic) bond motifs is 1. The van der Waals surface area contributed by atoms with Crippen LogP contribution in [-0.4, -0.2) is 47.0 Å². The average Bonchev–Trinajstić information content (AvgIpc) is 3.39. The van der Waals surface area contributed by atoms with Crippen molar-refractivity contribution in [1.29, 1.82) is 0 Å². The Morgan fingerprint density at radius 1 is 1.00 bits per heavy atom. The smallest absolute Gasteiger partial charge is 0.302 e. The molecule has 190 valence electrons. The average molecular weight is 539 g/mol. The quantitative estimate of drug-likeness (QED) is 0.182. The monoisotopic (exact) mass is 538 g/mol. The molecule has 0 bridgehead atoms. The molecule has 0 saturated carbocycles. The minimum atomic E-state index is -1.12. The Kier molecular flexibility index (Phi) is 7.85. The second kappa shape index (κ2) is 11.1. The number of benzene rings is 2. The number of nitrogens with one attached hydrogen (secondary N) is 1. The van der Waals surface area contributed by atoms with Crippen LogP contribution in [0.2, 0.25) is 5.02 Å². The van der Waals surface area contributed by atoms with Crippen LogP contribution in [0.3, 0.4) is 0 Å². The molecule has 0 spiro atoms. The summed E-state index contributed by atoms with van der Waals surface area (Å²) in [6.07, 6.45) is 1.03. The number of ketones is 1. The fraction of sp³-hybridized carbons (Fsp3) is 0.222. The maximum absolute atomic E-state index is 13.4. The summed E-state index contributed by atoms with van der Waals surface area (Å²) >= 11 is 7.44. The maximum atomic E-state index is 13.4. The molecule has 8 nitrogen and oxygen atoms in total. The minimum Gasteiger partial charge on any atom is -0.466 e. The number of carbonyl (C=O) groups excluding carboxylic acids is 5. The van der Waals surface area contributed by atoms with Crippen molar-refractivity contribution in [3.63, 3.8) is 0 Å². The van der Waals surface area contributed by atoms with E-state index in [2.05, 4.69) is 5.32 Å². The molecule has 1 N–H and O–H groups in total. The summed E-state index contributed by atoms with van der Waals surface area (Å²) in [4.78, 5) is 65.0. The molecule has 1 aliphatic rings. The number of hydrogen-bond donors (Lipinski definition) is 1. The normalized spacial score (nSPS) is 13.3. The summed E-state index contributed by atoms with van der Waals surface area (Å²) < 4.78 is 4.98. The van der Waals surface area contributed by atoms with Crippen LogP contribution in [0.1, 0.15) is 61.8 Å². The number of aryl methyl sites for hydroxylation is 1. The van der Waals surface area contributed by atoms with Gasteiger partial charge >= 0.3 is 5.97 Å². The van der Waals surface area contributed by atoms with Crippen molar-refractivity contribution in [2.45, 2.75) is 32.7 Å². The van der Waals surface area contributed by atoms with E-state index in [9.17, 15) is 24.0 Å². The van der Waals surface area contributed by atoms with Crippen molar-refractivity contribution in [3.8, 4) is 0 Å². The topological polar surface area (TPSA) is 110 Å². The first-order valence-corrected chi connectivity index (χ1v) is 12.7. The highest BCUT2D eigenvalue weighted by molar-refractivity contribution is 7.16. The predicted octanol–water partition coefficient (Wildman–Crippen LogP) is 4.75. The van der Waals surface area contributed by atoms with Gasteiger partial charge in [-0.1, -0.05) is 35.9 Å². The largest absolute Gasteiger partial charge is 0.466 e. The summed E-state index contributed by atoms with van der Waals surface area (Å²) in [5, 5.41) is 3.29. The second-order valence-corrected chi connectivity index (χ2v) is 9.94. The third-order valence-electron chi connectivity index (χ3n) is 5.85. The summed E-state index contributed by atoms with van der Waals surface area (Å²) in [7, 11) is 0. The molecule has 0 unspecified atom stereocenters. The van der Waals surface area contributed by atoms with Crippen LogP contribution in [0.4, 0.5) is 5.00 Å². The van der Waals surface area contributed by atoms with Gasteiger partial charge in [0.25, 0.3) is 11.8 Å². The number of halogens is 1. The lowest BCUT2D eigenvalue weighted by molar-refractivity contribution is -0.141. The highest BCUT2D eigenvalue weighted by Gasteiger charge is 2.41. The number of imide groups is 1. The number of carbonyl (C=O) groups is 5. The summed E-state index contributed by atoms with van der Waals surface area (Å²) in [6, 6.07) is 13.5. The van der Waals surface area contributed by atoms with Crippen molar-refractivity contribution < 1.29 is 28.7 Å². The molecule has 4 rings (SSSR count). The van der Waals surface area contributed by atoms with Crippen molar-refractivity contribution in [1.82, 2.24) is 4.90 Å². The summed E-state index contributed by atoms with van der Waals surface area (Å²) in [5.41, 5.74) is 1.00. The molecule has 37 heavy (non-hydrogen) atoms. The molecule has 1 aromatic heterocycles. The third kappa shape index (κ3) is 5.47. The lowest BCUT2D eigenvalue weighted by Crippen LogP contribution is -2.45. The van der Waals surface area contributed by atoms with Gasteiger partial charge in [-0.3, -0.25) is 28.9 Å². The Morgan fingerprint density at radius 2 is 1.62 bits per heavy atom. The molecular weight excluding hydrogens is 516 g/mol. The van der Waals surface area contributed by atoms with Crippen molar-refractivity contribution in [2.24, 2.45) is 0 Å². The summed E-state index contributed by atoms with van der Waals surface area (Å²) in [6.45, 7) is 3.01. The molecule has 0 fully saturated rings. The zero-order valence-corrected chi connectivity index (χ0v) is 21.7. The van der Waals surface area contributed by atoms with E-state index in [0.717, 1.165) is 9.78 Å². The van der Waals surface area contributed by atoms with Gasteiger partial charge in [0.1, 0.15) is 11.0 Å². The van der Waals surface area contributed by atoms with Gasteiger partial charge in [-0.15, -0.1) is 11.3 Å². The fourth-order valence-corrected chi connectivity index (χ4v) is 5.29. The van der Waals surface area contributed by atoms with Gasteiger partial charge in [0, 0.05) is 17.4 Å². The number of nitrogens with zero attached hydrogens (tertiary/aromatic N) is 1. The molecule has 3 aromatic rings. The zero-order valence-electron chi connectivity index (χ0n) is 20.1. The molecule has 1 aliphatic heterocycles. The Morgan fingerprint density at radius 3 is 2.24 bits per heavy atom. The van der Waals surface area contributed by atoms with Gasteiger partial charge in [-0.25, -0.2) is 0 Å². The fourth-order valence-electron chi connectivity index (χ4n) is 3.97. The van der Waals surface area contributed by atoms with Crippen LogP contribution in [0.25, 0.3) is 0 Å². The number of rotatable bonds is 9. The Bertz CT molecular complexity index is 1380. The molecular formula is C27H23ClN2O6S. The van der Waals surface area contributed by atoms with Crippen LogP contribution in [-0.2, 0) is 20.7 Å². The van der Waals surface area contributed by atoms with E-state index in [1.165, 1.54) is 25.2 Å². The van der Waals surface area contributed by atoms with Crippen LogP contribution in [0, 0.1) is 0 Å². The third-order valence-corrected chi connectivity index (χ3v) is 7.29. The molecule has 0 aliphatic carbocycles. The van der Waals surface area contributed by atoms with Gasteiger partial charge in [-0.05, 0) is 50.1 Å². The van der Waals surface area contributed by atoms with Gasteiger partial charge < -0.3 is 10.1 Å². The number of anilines is 1. The molecule has 0 radical (unpaired) electrons. The Hall–Kier alpha value is -3.82. The number of hydrogen-bond acceptors (Lipinski definition) is 7. The van der Waals surface area contributed by atoms with Crippen molar-refractivity contribution >= 4 is 57.4 Å². The minimum absolute atomic E-state index is 0.222. The molecule has 10 heteroatoms. The van der Waals surface area contributed by atoms with Gasteiger partial charge in [0.15, 0.2) is 5.78 Å². The first kappa shape index (κ1) is 26.2. The lowest BCUT2D eigenvalue weighted by atomic mass is 10.0. The molecule has 0 saturated heterocycles. The van der Waals surface area contributed by atoms with E-state index in [1.54, 1.807) is 54.6 Å². The standard InChI is InChI=1S/C27H23ClN2O6S/c1-15(30-26(34)18-9-3-4-10-19(18)27(30)35)24(33)29-25-21(23(32)20-11-5-6-12-22(20)28)14-17(37-25)8-7-13-36-16(2)31/h3-6,9-12,14-15H,7-8,13H2,1-2H3,(H,29,33)/t15-/m0/s1. The lowest BCUT2D eigenvalue weighted by Gasteiger charge is -2.21. The number of esters is 1. The van der Waals surface area contributed by atoms with E-state index in [1.807, 2.05) is 0 Å². The molecule has 3 amide bonds. The zero-order chi connectivity index (χ0) is 26.7. The van der Waals surface area contributed by atoms with Crippen molar-refractivity contribution in [2.75, 3.05) is 11.9 Å². The number of thiophene rings is 1. The van der Waals surface area contributed by atoms with E-state index in [0.29, 0.717) is 12.8 Å².